The number of ether oxygens (including phenoxy) is 2. The summed E-state index contributed by atoms with van der Waals surface area (Å²) < 4.78 is 10.7. The van der Waals surface area contributed by atoms with Crippen molar-refractivity contribution < 1.29 is 19.1 Å². The van der Waals surface area contributed by atoms with Crippen molar-refractivity contribution in [3.8, 4) is 6.07 Å². The number of nitrogens with zero attached hydrogens (tertiary/aromatic N) is 2. The fourth-order valence-corrected chi connectivity index (χ4v) is 4.18. The Morgan fingerprint density at radius 3 is 2.88 bits per heavy atom. The van der Waals surface area contributed by atoms with E-state index in [1.807, 2.05) is 0 Å². The summed E-state index contributed by atoms with van der Waals surface area (Å²) in [6.07, 6.45) is 3.77. The quantitative estimate of drug-likeness (QED) is 0.714. The summed E-state index contributed by atoms with van der Waals surface area (Å²) in [4.78, 5) is 25.8. The first kappa shape index (κ1) is 17.2. The molecular weight excluding hydrogens is 310 g/mol. The topological polar surface area (TPSA) is 91.7 Å². The van der Waals surface area contributed by atoms with Crippen molar-refractivity contribution in [3.05, 3.63) is 0 Å². The zero-order valence-electron chi connectivity index (χ0n) is 14.1. The summed E-state index contributed by atoms with van der Waals surface area (Å²) in [5.41, 5.74) is 0. The van der Waals surface area contributed by atoms with E-state index in [2.05, 4.69) is 11.4 Å². The van der Waals surface area contributed by atoms with Gasteiger partial charge in [0.25, 0.3) is 0 Å². The molecule has 3 rings (SSSR count). The molecule has 0 radical (unpaired) electrons. The highest BCUT2D eigenvalue weighted by molar-refractivity contribution is 5.83. The number of nitrogens with one attached hydrogen (secondary N) is 1. The highest BCUT2D eigenvalue weighted by Crippen LogP contribution is 2.38. The smallest absolute Gasteiger partial charge is 0.308 e. The Morgan fingerprint density at radius 1 is 1.38 bits per heavy atom. The van der Waals surface area contributed by atoms with Crippen LogP contribution in [0.5, 0.6) is 0 Å². The third-order valence-corrected chi connectivity index (χ3v) is 5.30. The van der Waals surface area contributed by atoms with Crippen LogP contribution in [0.3, 0.4) is 0 Å². The minimum Gasteiger partial charge on any atom is -0.466 e. The van der Waals surface area contributed by atoms with Crippen molar-refractivity contribution in [1.82, 2.24) is 10.2 Å². The van der Waals surface area contributed by atoms with Crippen LogP contribution < -0.4 is 5.32 Å². The fourth-order valence-electron chi connectivity index (χ4n) is 4.18. The second kappa shape index (κ2) is 7.49. The van der Waals surface area contributed by atoms with Crippen molar-refractivity contribution >= 4 is 11.9 Å². The summed E-state index contributed by atoms with van der Waals surface area (Å²) in [7, 11) is 0. The number of carbonyl (C=O) groups excluding carboxylic acids is 2. The predicted octanol–water partition coefficient (Wildman–Crippen LogP) is 0.590. The molecule has 0 aromatic rings. The van der Waals surface area contributed by atoms with Gasteiger partial charge >= 0.3 is 5.97 Å². The van der Waals surface area contributed by atoms with E-state index in [0.29, 0.717) is 19.8 Å². The van der Waals surface area contributed by atoms with Crippen LogP contribution in [0.4, 0.5) is 0 Å². The number of fused-ring (bicyclic) bond motifs is 2. The monoisotopic (exact) mass is 335 g/mol. The zero-order chi connectivity index (χ0) is 17.1. The molecule has 3 aliphatic rings. The maximum Gasteiger partial charge on any atom is 0.308 e. The molecule has 132 valence electrons. The van der Waals surface area contributed by atoms with Gasteiger partial charge in [-0.15, -0.1) is 0 Å². The Labute approximate surface area is 142 Å². The lowest BCUT2D eigenvalue weighted by Crippen LogP contribution is -2.53. The molecule has 0 aromatic carbocycles. The van der Waals surface area contributed by atoms with Crippen molar-refractivity contribution in [2.24, 2.45) is 5.92 Å². The maximum atomic E-state index is 12.7. The van der Waals surface area contributed by atoms with Crippen molar-refractivity contribution in [2.45, 2.75) is 63.3 Å². The Balaban J connectivity index is 1.46. The Morgan fingerprint density at radius 2 is 2.21 bits per heavy atom. The first-order chi connectivity index (χ1) is 11.6. The molecule has 2 heterocycles. The number of esters is 1. The molecule has 1 N–H and O–H groups in total. The van der Waals surface area contributed by atoms with Crippen molar-refractivity contribution in [1.29, 1.82) is 5.26 Å². The third kappa shape index (κ3) is 3.40. The van der Waals surface area contributed by atoms with Gasteiger partial charge < -0.3 is 19.7 Å². The molecule has 3 fully saturated rings. The van der Waals surface area contributed by atoms with Crippen molar-refractivity contribution in [2.75, 3.05) is 19.8 Å². The van der Waals surface area contributed by atoms with Gasteiger partial charge in [-0.05, 0) is 38.5 Å². The van der Waals surface area contributed by atoms with E-state index in [-0.39, 0.29) is 48.4 Å². The van der Waals surface area contributed by atoms with Gasteiger partial charge in [0.1, 0.15) is 6.04 Å². The number of likely N-dealkylation sites (tertiary alicyclic amines) is 1. The Bertz CT molecular complexity index is 532. The molecule has 1 amide bonds. The van der Waals surface area contributed by atoms with Crippen LogP contribution in [0.2, 0.25) is 0 Å². The van der Waals surface area contributed by atoms with Crippen LogP contribution in [0, 0.1) is 17.2 Å². The summed E-state index contributed by atoms with van der Waals surface area (Å²) in [6, 6.07) is 1.94. The standard InChI is InChI=1S/C17H25N3O4/c1-2-23-15(21)5-7-24-14-9-11-8-13(14)19-16(11)17(22)20-6-3-4-12(20)10-18/h11-14,16,19H,2-9H2,1H3/t11-,12-,13+,14+,16+/m0/s1. The second-order valence-corrected chi connectivity index (χ2v) is 6.77. The minimum atomic E-state index is -0.268. The maximum absolute atomic E-state index is 12.7. The molecule has 1 saturated carbocycles. The molecule has 0 unspecified atom stereocenters. The second-order valence-electron chi connectivity index (χ2n) is 6.77. The molecule has 2 bridgehead atoms. The van der Waals surface area contributed by atoms with Crippen molar-refractivity contribution in [3.63, 3.8) is 0 Å². The van der Waals surface area contributed by atoms with Gasteiger partial charge in [0, 0.05) is 12.6 Å². The van der Waals surface area contributed by atoms with Gasteiger partial charge in [-0.1, -0.05) is 0 Å². The highest BCUT2D eigenvalue weighted by Gasteiger charge is 2.50. The van der Waals surface area contributed by atoms with E-state index in [0.717, 1.165) is 25.7 Å². The number of piperidine rings is 1. The molecule has 1 aliphatic carbocycles. The van der Waals surface area contributed by atoms with E-state index < -0.39 is 0 Å². The molecule has 0 aromatic heterocycles. The summed E-state index contributed by atoms with van der Waals surface area (Å²) in [5.74, 6) is 0.0878. The molecular formula is C17H25N3O4. The number of hydrogen-bond donors (Lipinski definition) is 1. The van der Waals surface area contributed by atoms with E-state index in [4.69, 9.17) is 14.7 Å². The van der Waals surface area contributed by atoms with Gasteiger partial charge in [-0.3, -0.25) is 9.59 Å². The first-order valence-corrected chi connectivity index (χ1v) is 8.87. The van der Waals surface area contributed by atoms with E-state index in [1.54, 1.807) is 11.8 Å². The van der Waals surface area contributed by atoms with E-state index in [9.17, 15) is 9.59 Å². The molecule has 24 heavy (non-hydrogen) atoms. The molecule has 7 nitrogen and oxygen atoms in total. The highest BCUT2D eigenvalue weighted by atomic mass is 16.5. The summed E-state index contributed by atoms with van der Waals surface area (Å²) >= 11 is 0. The first-order valence-electron chi connectivity index (χ1n) is 8.87. The van der Waals surface area contributed by atoms with Crippen LogP contribution in [-0.4, -0.2) is 60.8 Å². The van der Waals surface area contributed by atoms with Crippen LogP contribution in [-0.2, 0) is 19.1 Å². The number of carbonyl (C=O) groups is 2. The molecule has 7 heteroatoms. The van der Waals surface area contributed by atoms with E-state index >= 15 is 0 Å². The van der Waals surface area contributed by atoms with Gasteiger partial charge in [0.15, 0.2) is 0 Å². The summed E-state index contributed by atoms with van der Waals surface area (Å²) in [5, 5.41) is 12.5. The third-order valence-electron chi connectivity index (χ3n) is 5.30. The van der Waals surface area contributed by atoms with E-state index in [1.165, 1.54) is 0 Å². The average molecular weight is 335 g/mol. The number of rotatable bonds is 6. The lowest BCUT2D eigenvalue weighted by molar-refractivity contribution is -0.144. The van der Waals surface area contributed by atoms with Gasteiger partial charge in [0.05, 0.1) is 37.8 Å². The lowest BCUT2D eigenvalue weighted by atomic mass is 9.97. The molecule has 0 spiro atoms. The number of nitriles is 1. The average Bonchev–Trinajstić information content (AvgIpc) is 3.29. The largest absolute Gasteiger partial charge is 0.466 e. The number of hydrogen-bond acceptors (Lipinski definition) is 6. The Kier molecular flexibility index (Phi) is 5.36. The lowest BCUT2D eigenvalue weighted by Gasteiger charge is -2.32. The zero-order valence-corrected chi connectivity index (χ0v) is 14.1. The number of amides is 1. The predicted molar refractivity (Wildman–Crippen MR) is 84.8 cm³/mol. The molecule has 2 saturated heterocycles. The van der Waals surface area contributed by atoms with Gasteiger partial charge in [-0.25, -0.2) is 0 Å². The SMILES string of the molecule is CCOC(=O)CCO[C@@H]1C[C@@H]2C[C@H]1N[C@H]2C(=O)N1CCC[C@H]1C#N. The fraction of sp³-hybridized carbons (Fsp3) is 0.824. The molecule has 5 atom stereocenters. The van der Waals surface area contributed by atoms with Crippen LogP contribution in [0.1, 0.15) is 39.0 Å². The Hall–Kier alpha value is -1.65. The summed E-state index contributed by atoms with van der Waals surface area (Å²) in [6.45, 7) is 3.22. The van der Waals surface area contributed by atoms with Gasteiger partial charge in [-0.2, -0.15) is 5.26 Å². The van der Waals surface area contributed by atoms with Crippen LogP contribution in [0.25, 0.3) is 0 Å². The minimum absolute atomic E-state index is 0.0545. The van der Waals surface area contributed by atoms with Crippen LogP contribution >= 0.6 is 0 Å². The van der Waals surface area contributed by atoms with Gasteiger partial charge in [0.2, 0.25) is 5.91 Å². The normalized spacial score (nSPS) is 34.3. The molecule has 2 aliphatic heterocycles. The van der Waals surface area contributed by atoms with Crippen LogP contribution in [0.15, 0.2) is 0 Å².